The number of nitro groups is 1. The molecule has 3 aromatic rings. The Bertz CT molecular complexity index is 1570. The molecule has 0 saturated carbocycles. The standard InChI is InChI=1S/C33H31N3O7/c1-17(2)14-25(33(40)43-16-26(37)34-19-13-12-18(3)24(15-19)36(41)42)35-31(38)29-27-20-8-4-5-9-21(20)28(30(29)32(35)39)23-11-7-6-10-22(23)27/h4-13,15,17,25,27-30H,14,16H2,1-3H3,(H,34,37)/t25-,27?,28?,29-,30+/m1/s1. The van der Waals surface area contributed by atoms with Crippen LogP contribution in [0.15, 0.2) is 66.7 Å². The third-order valence-electron chi connectivity index (χ3n) is 8.80. The number of rotatable bonds is 8. The molecule has 0 spiro atoms. The van der Waals surface area contributed by atoms with Gasteiger partial charge in [0.05, 0.1) is 16.8 Å². The highest BCUT2D eigenvalue weighted by Gasteiger charge is 2.63. The molecule has 10 nitrogen and oxygen atoms in total. The Labute approximate surface area is 248 Å². The molecular weight excluding hydrogens is 550 g/mol. The maximum absolute atomic E-state index is 14.1. The van der Waals surface area contributed by atoms with Gasteiger partial charge >= 0.3 is 5.97 Å². The van der Waals surface area contributed by atoms with Gasteiger partial charge in [-0.2, -0.15) is 0 Å². The van der Waals surface area contributed by atoms with E-state index in [-0.39, 0.29) is 35.5 Å². The molecule has 7 rings (SSSR count). The first kappa shape index (κ1) is 28.3. The summed E-state index contributed by atoms with van der Waals surface area (Å²) in [5.74, 6) is -4.27. The lowest BCUT2D eigenvalue weighted by atomic mass is 9.55. The second-order valence-corrected chi connectivity index (χ2v) is 11.9. The Hall–Kier alpha value is -4.86. The molecule has 10 heteroatoms. The molecule has 0 unspecified atom stereocenters. The number of aryl methyl sites for hydroxylation is 1. The number of nitrogens with zero attached hydrogens (tertiary/aromatic N) is 2. The number of likely N-dealkylation sites (tertiary alicyclic amines) is 1. The van der Waals surface area contributed by atoms with Crippen LogP contribution in [0.2, 0.25) is 0 Å². The summed E-state index contributed by atoms with van der Waals surface area (Å²) < 4.78 is 5.36. The van der Waals surface area contributed by atoms with Crippen molar-refractivity contribution in [3.8, 4) is 0 Å². The Kier molecular flexibility index (Phi) is 7.07. The van der Waals surface area contributed by atoms with Gasteiger partial charge < -0.3 is 10.1 Å². The molecule has 4 aliphatic rings. The molecule has 220 valence electrons. The minimum atomic E-state index is -1.19. The topological polar surface area (TPSA) is 136 Å². The highest BCUT2D eigenvalue weighted by Crippen LogP contribution is 2.61. The highest BCUT2D eigenvalue weighted by atomic mass is 16.6. The Morgan fingerprint density at radius 3 is 1.88 bits per heavy atom. The minimum Gasteiger partial charge on any atom is -0.454 e. The van der Waals surface area contributed by atoms with Crippen LogP contribution >= 0.6 is 0 Å². The van der Waals surface area contributed by atoms with Crippen molar-refractivity contribution in [3.63, 3.8) is 0 Å². The Balaban J connectivity index is 1.24. The van der Waals surface area contributed by atoms with Crippen LogP contribution in [0.4, 0.5) is 11.4 Å². The molecule has 3 atom stereocenters. The summed E-state index contributed by atoms with van der Waals surface area (Å²) in [7, 11) is 0. The maximum Gasteiger partial charge on any atom is 0.329 e. The number of anilines is 1. The van der Waals surface area contributed by atoms with E-state index in [0.29, 0.717) is 5.56 Å². The average Bonchev–Trinajstić information content (AvgIpc) is 3.25. The van der Waals surface area contributed by atoms with E-state index in [2.05, 4.69) is 5.32 Å². The van der Waals surface area contributed by atoms with Gasteiger partial charge in [-0.15, -0.1) is 0 Å². The monoisotopic (exact) mass is 581 g/mol. The van der Waals surface area contributed by atoms with E-state index in [4.69, 9.17) is 4.74 Å². The number of carbonyl (C=O) groups is 4. The molecule has 43 heavy (non-hydrogen) atoms. The van der Waals surface area contributed by atoms with Gasteiger partial charge in [-0.3, -0.25) is 29.4 Å². The Morgan fingerprint density at radius 2 is 1.42 bits per heavy atom. The molecular formula is C33H31N3O7. The van der Waals surface area contributed by atoms with Crippen LogP contribution in [0.25, 0.3) is 0 Å². The van der Waals surface area contributed by atoms with E-state index < -0.39 is 53.1 Å². The van der Waals surface area contributed by atoms with E-state index in [1.165, 1.54) is 18.2 Å². The summed E-state index contributed by atoms with van der Waals surface area (Å²) in [6.07, 6.45) is 0.177. The number of hydrogen-bond donors (Lipinski definition) is 1. The number of amides is 3. The molecule has 3 aliphatic carbocycles. The van der Waals surface area contributed by atoms with Crippen molar-refractivity contribution < 1.29 is 28.8 Å². The largest absolute Gasteiger partial charge is 0.454 e. The van der Waals surface area contributed by atoms with Crippen molar-refractivity contribution in [2.45, 2.75) is 45.1 Å². The highest BCUT2D eigenvalue weighted by molar-refractivity contribution is 6.10. The predicted molar refractivity (Wildman–Crippen MR) is 156 cm³/mol. The predicted octanol–water partition coefficient (Wildman–Crippen LogP) is 4.69. The number of nitrogens with one attached hydrogen (secondary N) is 1. The van der Waals surface area contributed by atoms with Crippen molar-refractivity contribution in [1.29, 1.82) is 0 Å². The van der Waals surface area contributed by atoms with E-state index in [0.717, 1.165) is 27.2 Å². The van der Waals surface area contributed by atoms with Gasteiger partial charge in [0.25, 0.3) is 11.6 Å². The number of nitro benzene ring substituents is 1. The van der Waals surface area contributed by atoms with Gasteiger partial charge in [0.15, 0.2) is 6.61 Å². The summed E-state index contributed by atoms with van der Waals surface area (Å²) in [6, 6.07) is 18.9. The lowest BCUT2D eigenvalue weighted by molar-refractivity contribution is -0.385. The molecule has 2 bridgehead atoms. The normalized spacial score (nSPS) is 22.1. The van der Waals surface area contributed by atoms with Crippen LogP contribution in [0, 0.1) is 34.8 Å². The fourth-order valence-electron chi connectivity index (χ4n) is 7.07. The second kappa shape index (κ2) is 10.8. The zero-order valence-corrected chi connectivity index (χ0v) is 24.0. The summed E-state index contributed by atoms with van der Waals surface area (Å²) in [4.78, 5) is 66.2. The fourth-order valence-corrected chi connectivity index (χ4v) is 7.07. The first-order valence-electron chi connectivity index (χ1n) is 14.3. The van der Waals surface area contributed by atoms with Gasteiger partial charge in [-0.1, -0.05) is 68.4 Å². The van der Waals surface area contributed by atoms with Gasteiger partial charge in [-0.25, -0.2) is 4.79 Å². The molecule has 1 N–H and O–H groups in total. The summed E-state index contributed by atoms with van der Waals surface area (Å²) in [5, 5.41) is 13.7. The average molecular weight is 582 g/mol. The van der Waals surface area contributed by atoms with Crippen LogP contribution < -0.4 is 5.32 Å². The van der Waals surface area contributed by atoms with Crippen molar-refractivity contribution >= 4 is 35.1 Å². The number of hydrogen-bond acceptors (Lipinski definition) is 7. The number of esters is 1. The minimum absolute atomic E-state index is 0.0613. The fraction of sp³-hybridized carbons (Fsp3) is 0.333. The quantitative estimate of drug-likeness (QED) is 0.176. The number of carbonyl (C=O) groups excluding carboxylic acids is 4. The SMILES string of the molecule is Cc1ccc(NC(=O)COC(=O)[C@@H](CC(C)C)N2C(=O)[C@@H]3C4c5ccccc5C(c5ccccc54)[C@@H]3C2=O)cc1[N+](=O)[O-]. The van der Waals surface area contributed by atoms with E-state index >= 15 is 0 Å². The third kappa shape index (κ3) is 4.67. The summed E-state index contributed by atoms with van der Waals surface area (Å²) in [5.41, 5.74) is 4.60. The molecule has 0 radical (unpaired) electrons. The van der Waals surface area contributed by atoms with Crippen LogP contribution in [-0.2, 0) is 23.9 Å². The van der Waals surface area contributed by atoms with Crippen LogP contribution in [0.1, 0.15) is 59.9 Å². The first-order valence-corrected chi connectivity index (χ1v) is 14.3. The number of imide groups is 1. The van der Waals surface area contributed by atoms with Crippen molar-refractivity contribution in [2.75, 3.05) is 11.9 Å². The van der Waals surface area contributed by atoms with Crippen LogP contribution in [-0.4, -0.2) is 46.2 Å². The van der Waals surface area contributed by atoms with Gasteiger partial charge in [0.1, 0.15) is 6.04 Å². The van der Waals surface area contributed by atoms with Gasteiger partial charge in [-0.05, 0) is 47.6 Å². The lowest BCUT2D eigenvalue weighted by Gasteiger charge is -2.45. The van der Waals surface area contributed by atoms with E-state index in [1.807, 2.05) is 62.4 Å². The van der Waals surface area contributed by atoms with Crippen molar-refractivity contribution in [2.24, 2.45) is 17.8 Å². The third-order valence-corrected chi connectivity index (χ3v) is 8.80. The molecule has 3 aromatic carbocycles. The number of benzene rings is 3. The zero-order chi connectivity index (χ0) is 30.6. The van der Waals surface area contributed by atoms with Crippen molar-refractivity contribution in [1.82, 2.24) is 4.90 Å². The molecule has 1 heterocycles. The molecule has 1 aliphatic heterocycles. The van der Waals surface area contributed by atoms with Crippen LogP contribution in [0.5, 0.6) is 0 Å². The van der Waals surface area contributed by atoms with Crippen molar-refractivity contribution in [3.05, 3.63) is 105 Å². The second-order valence-electron chi connectivity index (χ2n) is 11.9. The van der Waals surface area contributed by atoms with E-state index in [9.17, 15) is 29.3 Å². The van der Waals surface area contributed by atoms with Gasteiger partial charge in [0.2, 0.25) is 11.8 Å². The zero-order valence-electron chi connectivity index (χ0n) is 24.0. The number of ether oxygens (including phenoxy) is 1. The summed E-state index contributed by atoms with van der Waals surface area (Å²) in [6.45, 7) is 4.66. The lowest BCUT2D eigenvalue weighted by Crippen LogP contribution is -2.47. The molecule has 3 amide bonds. The molecule has 1 saturated heterocycles. The van der Waals surface area contributed by atoms with Gasteiger partial charge in [0, 0.05) is 29.2 Å². The molecule has 0 aromatic heterocycles. The summed E-state index contributed by atoms with van der Waals surface area (Å²) >= 11 is 0. The maximum atomic E-state index is 14.1. The first-order chi connectivity index (χ1) is 20.6. The molecule has 1 fully saturated rings. The smallest absolute Gasteiger partial charge is 0.329 e. The van der Waals surface area contributed by atoms with E-state index in [1.54, 1.807) is 6.92 Å². The Morgan fingerprint density at radius 1 is 0.907 bits per heavy atom. The van der Waals surface area contributed by atoms with Crippen LogP contribution in [0.3, 0.4) is 0 Å².